The van der Waals surface area contributed by atoms with Crippen LogP contribution in [0.15, 0.2) is 17.2 Å². The highest BCUT2D eigenvalue weighted by molar-refractivity contribution is 5.30. The summed E-state index contributed by atoms with van der Waals surface area (Å²) >= 11 is 0. The summed E-state index contributed by atoms with van der Waals surface area (Å²) < 4.78 is 1.74. The standard InChI is InChI=1S/C14H23N3O/c1-10(2)9-17-7-6-15-13(14(17)18)16-8-11(3)12-4-5-12/h6-7,10-12H,4-5,8-9H2,1-3H3,(H,15,16). The molecule has 100 valence electrons. The minimum absolute atomic E-state index is 0.00537. The number of nitrogens with one attached hydrogen (secondary N) is 1. The van der Waals surface area contributed by atoms with Gasteiger partial charge in [-0.15, -0.1) is 0 Å². The van der Waals surface area contributed by atoms with Gasteiger partial charge in [0.1, 0.15) is 0 Å². The molecule has 0 aromatic carbocycles. The minimum Gasteiger partial charge on any atom is -0.365 e. The lowest BCUT2D eigenvalue weighted by Gasteiger charge is -2.13. The average Bonchev–Trinajstić information content (AvgIpc) is 3.13. The van der Waals surface area contributed by atoms with Gasteiger partial charge in [-0.3, -0.25) is 4.79 Å². The van der Waals surface area contributed by atoms with Gasteiger partial charge in [0.05, 0.1) is 0 Å². The molecule has 0 aliphatic heterocycles. The Morgan fingerprint density at radius 3 is 2.78 bits per heavy atom. The molecule has 0 radical (unpaired) electrons. The Labute approximate surface area is 108 Å². The van der Waals surface area contributed by atoms with Crippen molar-refractivity contribution in [3.05, 3.63) is 22.7 Å². The maximum absolute atomic E-state index is 12.1. The Balaban J connectivity index is 2.01. The first-order chi connectivity index (χ1) is 8.58. The second kappa shape index (κ2) is 5.55. The maximum Gasteiger partial charge on any atom is 0.293 e. The van der Waals surface area contributed by atoms with E-state index in [0.717, 1.165) is 19.0 Å². The summed E-state index contributed by atoms with van der Waals surface area (Å²) in [6.45, 7) is 8.04. The third-order valence-corrected chi connectivity index (χ3v) is 3.49. The molecule has 1 aromatic heterocycles. The fraction of sp³-hybridized carbons (Fsp3) is 0.714. The van der Waals surface area contributed by atoms with Gasteiger partial charge in [0.25, 0.3) is 5.56 Å². The van der Waals surface area contributed by atoms with Crippen LogP contribution in [0.2, 0.25) is 0 Å². The van der Waals surface area contributed by atoms with Crippen molar-refractivity contribution in [3.8, 4) is 0 Å². The van der Waals surface area contributed by atoms with E-state index < -0.39 is 0 Å². The normalized spacial score (nSPS) is 16.9. The molecule has 1 atom stereocenters. The summed E-state index contributed by atoms with van der Waals surface area (Å²) in [7, 11) is 0. The minimum atomic E-state index is -0.00537. The van der Waals surface area contributed by atoms with Gasteiger partial charge in [-0.25, -0.2) is 4.98 Å². The molecule has 0 spiro atoms. The van der Waals surface area contributed by atoms with E-state index in [4.69, 9.17) is 0 Å². The van der Waals surface area contributed by atoms with Crippen molar-refractivity contribution in [1.29, 1.82) is 0 Å². The number of anilines is 1. The Morgan fingerprint density at radius 1 is 1.44 bits per heavy atom. The molecular formula is C14H23N3O. The molecule has 1 heterocycles. The summed E-state index contributed by atoms with van der Waals surface area (Å²) in [5, 5.41) is 3.20. The zero-order valence-electron chi connectivity index (χ0n) is 11.5. The highest BCUT2D eigenvalue weighted by atomic mass is 16.1. The van der Waals surface area contributed by atoms with Gasteiger partial charge in [-0.05, 0) is 30.6 Å². The average molecular weight is 249 g/mol. The van der Waals surface area contributed by atoms with Crippen LogP contribution in [0.4, 0.5) is 5.82 Å². The first kappa shape index (κ1) is 13.1. The van der Waals surface area contributed by atoms with Gasteiger partial charge in [-0.1, -0.05) is 20.8 Å². The number of rotatable bonds is 6. The van der Waals surface area contributed by atoms with Crippen LogP contribution in [0, 0.1) is 17.8 Å². The van der Waals surface area contributed by atoms with Crippen LogP contribution in [0.25, 0.3) is 0 Å². The predicted molar refractivity (Wildman–Crippen MR) is 73.7 cm³/mol. The molecule has 1 aromatic rings. The molecule has 1 aliphatic carbocycles. The van der Waals surface area contributed by atoms with Crippen molar-refractivity contribution in [1.82, 2.24) is 9.55 Å². The van der Waals surface area contributed by atoms with Gasteiger partial charge >= 0.3 is 0 Å². The second-order valence-electron chi connectivity index (χ2n) is 5.82. The van der Waals surface area contributed by atoms with E-state index in [1.807, 2.05) is 0 Å². The molecule has 4 heteroatoms. The van der Waals surface area contributed by atoms with Crippen LogP contribution >= 0.6 is 0 Å². The highest BCUT2D eigenvalue weighted by Crippen LogP contribution is 2.36. The third kappa shape index (κ3) is 3.34. The van der Waals surface area contributed by atoms with Crippen LogP contribution in [-0.4, -0.2) is 16.1 Å². The zero-order valence-corrected chi connectivity index (χ0v) is 11.5. The monoisotopic (exact) mass is 249 g/mol. The Bertz CT molecular complexity index is 449. The molecule has 2 rings (SSSR count). The SMILES string of the molecule is CC(C)Cn1ccnc(NCC(C)C2CC2)c1=O. The molecule has 0 bridgehead atoms. The molecular weight excluding hydrogens is 226 g/mol. The number of aromatic nitrogens is 2. The lowest BCUT2D eigenvalue weighted by molar-refractivity contribution is 0.507. The Morgan fingerprint density at radius 2 is 2.17 bits per heavy atom. The van der Waals surface area contributed by atoms with Crippen molar-refractivity contribution in [3.63, 3.8) is 0 Å². The van der Waals surface area contributed by atoms with E-state index in [1.54, 1.807) is 17.0 Å². The van der Waals surface area contributed by atoms with Crippen LogP contribution < -0.4 is 10.9 Å². The number of hydrogen-bond donors (Lipinski definition) is 1. The molecule has 4 nitrogen and oxygen atoms in total. The smallest absolute Gasteiger partial charge is 0.293 e. The highest BCUT2D eigenvalue weighted by Gasteiger charge is 2.27. The Kier molecular flexibility index (Phi) is 4.04. The summed E-state index contributed by atoms with van der Waals surface area (Å²) in [6.07, 6.45) is 6.14. The summed E-state index contributed by atoms with van der Waals surface area (Å²) in [6, 6.07) is 0. The molecule has 0 amide bonds. The maximum atomic E-state index is 12.1. The molecule has 1 saturated carbocycles. The van der Waals surface area contributed by atoms with Crippen LogP contribution in [0.1, 0.15) is 33.6 Å². The first-order valence-electron chi connectivity index (χ1n) is 6.87. The van der Waals surface area contributed by atoms with Gasteiger partial charge in [0.15, 0.2) is 5.82 Å². The molecule has 18 heavy (non-hydrogen) atoms. The van der Waals surface area contributed by atoms with Crippen LogP contribution in [0.3, 0.4) is 0 Å². The van der Waals surface area contributed by atoms with Gasteiger partial charge in [0, 0.05) is 25.5 Å². The molecule has 1 unspecified atom stereocenters. The molecule has 0 saturated heterocycles. The number of nitrogens with zero attached hydrogens (tertiary/aromatic N) is 2. The van der Waals surface area contributed by atoms with Crippen molar-refractivity contribution in [2.45, 2.75) is 40.2 Å². The largest absolute Gasteiger partial charge is 0.365 e. The predicted octanol–water partition coefficient (Wildman–Crippen LogP) is 2.36. The first-order valence-corrected chi connectivity index (χ1v) is 6.87. The van der Waals surface area contributed by atoms with E-state index in [2.05, 4.69) is 31.1 Å². The summed E-state index contributed by atoms with van der Waals surface area (Å²) in [4.78, 5) is 16.3. The van der Waals surface area contributed by atoms with Gasteiger partial charge in [-0.2, -0.15) is 0 Å². The van der Waals surface area contributed by atoms with Crippen molar-refractivity contribution < 1.29 is 0 Å². The number of hydrogen-bond acceptors (Lipinski definition) is 3. The topological polar surface area (TPSA) is 46.9 Å². The molecule has 1 fully saturated rings. The van der Waals surface area contributed by atoms with E-state index in [-0.39, 0.29) is 5.56 Å². The summed E-state index contributed by atoms with van der Waals surface area (Å²) in [5.41, 5.74) is -0.00537. The lowest BCUT2D eigenvalue weighted by Crippen LogP contribution is -2.27. The molecule has 1 N–H and O–H groups in total. The van der Waals surface area contributed by atoms with E-state index in [9.17, 15) is 4.79 Å². The van der Waals surface area contributed by atoms with E-state index in [0.29, 0.717) is 17.7 Å². The molecule has 1 aliphatic rings. The zero-order chi connectivity index (χ0) is 13.1. The van der Waals surface area contributed by atoms with Crippen molar-refractivity contribution >= 4 is 5.82 Å². The third-order valence-electron chi connectivity index (χ3n) is 3.49. The summed E-state index contributed by atoms with van der Waals surface area (Å²) in [5.74, 6) is 2.43. The van der Waals surface area contributed by atoms with Gasteiger partial charge < -0.3 is 9.88 Å². The Hall–Kier alpha value is -1.32. The van der Waals surface area contributed by atoms with Gasteiger partial charge in [0.2, 0.25) is 0 Å². The quantitative estimate of drug-likeness (QED) is 0.842. The van der Waals surface area contributed by atoms with E-state index >= 15 is 0 Å². The fourth-order valence-electron chi connectivity index (χ4n) is 2.20. The lowest BCUT2D eigenvalue weighted by atomic mass is 10.1. The van der Waals surface area contributed by atoms with E-state index in [1.165, 1.54) is 12.8 Å². The fourth-order valence-corrected chi connectivity index (χ4v) is 2.20. The second-order valence-corrected chi connectivity index (χ2v) is 5.82. The van der Waals surface area contributed by atoms with Crippen LogP contribution in [-0.2, 0) is 6.54 Å². The van der Waals surface area contributed by atoms with Crippen molar-refractivity contribution in [2.24, 2.45) is 17.8 Å². The van der Waals surface area contributed by atoms with Crippen molar-refractivity contribution in [2.75, 3.05) is 11.9 Å². The van der Waals surface area contributed by atoms with Crippen LogP contribution in [0.5, 0.6) is 0 Å².